The Morgan fingerprint density at radius 1 is 1.12 bits per heavy atom. The number of hydrogen-bond acceptors (Lipinski definition) is 3. The number of nitrogen functional groups attached to an aromatic ring is 1. The third-order valence-corrected chi connectivity index (χ3v) is 5.05. The molecule has 2 aromatic rings. The van der Waals surface area contributed by atoms with Gasteiger partial charge in [-0.1, -0.05) is 48.5 Å². The van der Waals surface area contributed by atoms with Crippen LogP contribution in [-0.2, 0) is 11.3 Å². The molecular formula is C22H25NO2. The van der Waals surface area contributed by atoms with Gasteiger partial charge in [-0.2, -0.15) is 0 Å². The lowest BCUT2D eigenvalue weighted by Crippen LogP contribution is -2.33. The average Bonchev–Trinajstić information content (AvgIpc) is 2.67. The molecule has 1 saturated carbocycles. The summed E-state index contributed by atoms with van der Waals surface area (Å²) in [6.45, 7) is 4.56. The fraction of sp³-hybridized carbons (Fsp3) is 0.318. The maximum atomic E-state index is 12.9. The monoisotopic (exact) mass is 335 g/mol. The van der Waals surface area contributed by atoms with Crippen molar-refractivity contribution in [3.63, 3.8) is 0 Å². The summed E-state index contributed by atoms with van der Waals surface area (Å²) in [4.78, 5) is 12.9. The van der Waals surface area contributed by atoms with E-state index < -0.39 is 0 Å². The molecule has 2 N–H and O–H groups in total. The van der Waals surface area contributed by atoms with Gasteiger partial charge in [-0.05, 0) is 42.9 Å². The highest BCUT2D eigenvalue weighted by molar-refractivity contribution is 6.02. The van der Waals surface area contributed by atoms with Crippen molar-refractivity contribution in [2.24, 2.45) is 11.8 Å². The number of Topliss-reactive ketones (excluding diaryl/α,β-unsaturated/α-hetero) is 1. The van der Waals surface area contributed by atoms with Crippen LogP contribution in [0.1, 0.15) is 35.2 Å². The summed E-state index contributed by atoms with van der Waals surface area (Å²) in [5.74, 6) is 0.199. The molecule has 1 unspecified atom stereocenters. The van der Waals surface area contributed by atoms with Crippen molar-refractivity contribution >= 4 is 11.5 Å². The van der Waals surface area contributed by atoms with Gasteiger partial charge in [0.15, 0.2) is 5.78 Å². The van der Waals surface area contributed by atoms with Crippen LogP contribution >= 0.6 is 0 Å². The Labute approximate surface area is 149 Å². The number of benzene rings is 2. The number of ketones is 1. The molecule has 0 spiro atoms. The number of allylic oxidation sites excluding steroid dienone is 1. The first-order valence-electron chi connectivity index (χ1n) is 8.86. The lowest BCUT2D eigenvalue weighted by atomic mass is 9.74. The van der Waals surface area contributed by atoms with E-state index in [4.69, 9.17) is 10.5 Å². The molecular weight excluding hydrogens is 310 g/mol. The van der Waals surface area contributed by atoms with Crippen LogP contribution in [0.25, 0.3) is 0 Å². The van der Waals surface area contributed by atoms with E-state index in [0.717, 1.165) is 19.3 Å². The van der Waals surface area contributed by atoms with E-state index in [-0.39, 0.29) is 23.7 Å². The molecule has 3 heteroatoms. The van der Waals surface area contributed by atoms with Crippen molar-refractivity contribution in [1.29, 1.82) is 0 Å². The summed E-state index contributed by atoms with van der Waals surface area (Å²) in [6.07, 6.45) is 4.60. The van der Waals surface area contributed by atoms with Crippen molar-refractivity contribution in [2.45, 2.75) is 32.0 Å². The van der Waals surface area contributed by atoms with Gasteiger partial charge in [0.25, 0.3) is 0 Å². The minimum absolute atomic E-state index is 0.0567. The molecule has 0 bridgehead atoms. The van der Waals surface area contributed by atoms with Gasteiger partial charge in [-0.15, -0.1) is 6.58 Å². The summed E-state index contributed by atoms with van der Waals surface area (Å²) >= 11 is 0. The zero-order valence-corrected chi connectivity index (χ0v) is 14.4. The van der Waals surface area contributed by atoms with Gasteiger partial charge in [0.2, 0.25) is 0 Å². The van der Waals surface area contributed by atoms with Crippen LogP contribution in [0.5, 0.6) is 0 Å². The lowest BCUT2D eigenvalue weighted by molar-refractivity contribution is -0.00296. The highest BCUT2D eigenvalue weighted by Gasteiger charge is 2.34. The molecule has 0 aliphatic heterocycles. The average molecular weight is 335 g/mol. The van der Waals surface area contributed by atoms with Gasteiger partial charge in [-0.25, -0.2) is 0 Å². The summed E-state index contributed by atoms with van der Waals surface area (Å²) in [6, 6.07) is 17.5. The number of para-hydroxylation sites is 1. The molecule has 0 amide bonds. The minimum Gasteiger partial charge on any atom is -0.398 e. The molecule has 1 fully saturated rings. The molecule has 3 atom stereocenters. The SMILES string of the molecule is C=C[C@H]1C[C@H](OCc2ccccc2)CCC1C(=O)c1ccccc1N. The maximum Gasteiger partial charge on any atom is 0.168 e. The molecule has 25 heavy (non-hydrogen) atoms. The van der Waals surface area contributed by atoms with Crippen molar-refractivity contribution in [3.8, 4) is 0 Å². The fourth-order valence-corrected chi connectivity index (χ4v) is 3.61. The van der Waals surface area contributed by atoms with E-state index in [9.17, 15) is 4.79 Å². The summed E-state index contributed by atoms with van der Waals surface area (Å²) in [5, 5.41) is 0. The van der Waals surface area contributed by atoms with E-state index in [1.54, 1.807) is 6.07 Å². The topological polar surface area (TPSA) is 52.3 Å². The standard InChI is InChI=1S/C22H25NO2/c1-2-17-14-18(25-15-16-8-4-3-5-9-16)12-13-19(17)22(24)20-10-6-7-11-21(20)23/h2-11,17-19H,1,12-15,23H2/t17-,18+,19?/m0/s1. The predicted octanol–water partition coefficient (Wildman–Crippen LogP) is 4.64. The van der Waals surface area contributed by atoms with Crippen LogP contribution in [0.2, 0.25) is 0 Å². The molecule has 0 saturated heterocycles. The van der Waals surface area contributed by atoms with Gasteiger partial charge < -0.3 is 10.5 Å². The van der Waals surface area contributed by atoms with Gasteiger partial charge in [0, 0.05) is 17.2 Å². The number of ether oxygens (including phenoxy) is 1. The first kappa shape index (κ1) is 17.4. The van der Waals surface area contributed by atoms with Crippen molar-refractivity contribution in [1.82, 2.24) is 0 Å². The summed E-state index contributed by atoms with van der Waals surface area (Å²) in [7, 11) is 0. The van der Waals surface area contributed by atoms with Crippen LogP contribution in [0.15, 0.2) is 67.3 Å². The molecule has 0 heterocycles. The van der Waals surface area contributed by atoms with E-state index in [1.165, 1.54) is 5.56 Å². The summed E-state index contributed by atoms with van der Waals surface area (Å²) in [5.41, 5.74) is 8.34. The molecule has 3 rings (SSSR count). The molecule has 0 radical (unpaired) electrons. The maximum absolute atomic E-state index is 12.9. The minimum atomic E-state index is -0.0567. The Hall–Kier alpha value is -2.39. The van der Waals surface area contributed by atoms with Gasteiger partial charge in [0.1, 0.15) is 0 Å². The molecule has 130 valence electrons. The third kappa shape index (κ3) is 4.18. The molecule has 1 aliphatic carbocycles. The lowest BCUT2D eigenvalue weighted by Gasteiger charge is -2.34. The van der Waals surface area contributed by atoms with Crippen LogP contribution in [0.4, 0.5) is 5.69 Å². The highest BCUT2D eigenvalue weighted by Crippen LogP contribution is 2.36. The normalized spacial score (nSPS) is 23.1. The zero-order chi connectivity index (χ0) is 17.6. The van der Waals surface area contributed by atoms with Crippen LogP contribution < -0.4 is 5.73 Å². The number of rotatable bonds is 6. The Morgan fingerprint density at radius 2 is 1.84 bits per heavy atom. The second kappa shape index (κ2) is 8.13. The van der Waals surface area contributed by atoms with Crippen molar-refractivity contribution in [3.05, 3.63) is 78.4 Å². The fourth-order valence-electron chi connectivity index (χ4n) is 3.61. The largest absolute Gasteiger partial charge is 0.398 e. The summed E-state index contributed by atoms with van der Waals surface area (Å²) < 4.78 is 6.07. The zero-order valence-electron chi connectivity index (χ0n) is 14.4. The first-order valence-corrected chi connectivity index (χ1v) is 8.86. The number of carbonyl (C=O) groups is 1. The van der Waals surface area contributed by atoms with Crippen LogP contribution in [-0.4, -0.2) is 11.9 Å². The van der Waals surface area contributed by atoms with Crippen molar-refractivity contribution < 1.29 is 9.53 Å². The second-order valence-corrected chi connectivity index (χ2v) is 6.69. The third-order valence-electron chi connectivity index (χ3n) is 5.05. The molecule has 2 aromatic carbocycles. The molecule has 1 aliphatic rings. The van der Waals surface area contributed by atoms with Gasteiger partial charge in [-0.3, -0.25) is 4.79 Å². The van der Waals surface area contributed by atoms with E-state index in [0.29, 0.717) is 17.9 Å². The Bertz CT molecular complexity index is 726. The molecule has 3 nitrogen and oxygen atoms in total. The van der Waals surface area contributed by atoms with Crippen LogP contribution in [0.3, 0.4) is 0 Å². The molecule has 0 aromatic heterocycles. The van der Waals surface area contributed by atoms with E-state index in [2.05, 4.69) is 18.7 Å². The predicted molar refractivity (Wildman–Crippen MR) is 101 cm³/mol. The Morgan fingerprint density at radius 3 is 2.56 bits per heavy atom. The second-order valence-electron chi connectivity index (χ2n) is 6.69. The Balaban J connectivity index is 1.63. The van der Waals surface area contributed by atoms with Gasteiger partial charge >= 0.3 is 0 Å². The number of carbonyl (C=O) groups excluding carboxylic acids is 1. The number of anilines is 1. The van der Waals surface area contributed by atoms with Crippen LogP contribution in [0, 0.1) is 11.8 Å². The van der Waals surface area contributed by atoms with E-state index >= 15 is 0 Å². The van der Waals surface area contributed by atoms with E-state index in [1.807, 2.05) is 42.5 Å². The first-order chi connectivity index (χ1) is 12.2. The highest BCUT2D eigenvalue weighted by atomic mass is 16.5. The van der Waals surface area contributed by atoms with Gasteiger partial charge in [0.05, 0.1) is 12.7 Å². The van der Waals surface area contributed by atoms with Crippen molar-refractivity contribution in [2.75, 3.05) is 5.73 Å². The quantitative estimate of drug-likeness (QED) is 0.475. The smallest absolute Gasteiger partial charge is 0.168 e. The Kier molecular flexibility index (Phi) is 5.67. The number of nitrogens with two attached hydrogens (primary N) is 1. The number of hydrogen-bond donors (Lipinski definition) is 1.